The normalized spacial score (nSPS) is 10.6. The van der Waals surface area contributed by atoms with Crippen LogP contribution in [0.25, 0.3) is 0 Å². The van der Waals surface area contributed by atoms with E-state index in [0.29, 0.717) is 18.1 Å². The van der Waals surface area contributed by atoms with Gasteiger partial charge in [0.25, 0.3) is 0 Å². The van der Waals surface area contributed by atoms with Crippen molar-refractivity contribution >= 4 is 0 Å². The molecule has 0 amide bonds. The number of benzene rings is 1. The first-order valence-corrected chi connectivity index (χ1v) is 5.02. The lowest BCUT2D eigenvalue weighted by molar-refractivity contribution is 0.0782. The number of methoxy groups -OCH3 is 1. The summed E-state index contributed by atoms with van der Waals surface area (Å²) in [7, 11) is 1.60. The molecule has 4 N–H and O–H groups in total. The second-order valence-electron chi connectivity index (χ2n) is 3.86. The van der Waals surface area contributed by atoms with E-state index in [9.17, 15) is 5.11 Å². The van der Waals surface area contributed by atoms with Crippen molar-refractivity contribution in [1.29, 1.82) is 0 Å². The van der Waals surface area contributed by atoms with Crippen LogP contribution in [-0.2, 0) is 5.60 Å². The Kier molecular flexibility index (Phi) is 5.27. The summed E-state index contributed by atoms with van der Waals surface area (Å²) < 4.78 is 10.6. The second-order valence-corrected chi connectivity index (χ2v) is 3.86. The molecule has 0 heterocycles. The van der Waals surface area contributed by atoms with Crippen LogP contribution >= 0.6 is 0 Å². The lowest BCUT2D eigenvalue weighted by Crippen LogP contribution is -2.15. The molecule has 0 saturated heterocycles. The average Bonchev–Trinajstić information content (AvgIpc) is 2.17. The molecule has 0 fully saturated rings. The third kappa shape index (κ3) is 3.40. The van der Waals surface area contributed by atoms with Crippen LogP contribution in [0, 0.1) is 0 Å². The van der Waals surface area contributed by atoms with Gasteiger partial charge in [-0.1, -0.05) is 6.07 Å². The van der Waals surface area contributed by atoms with Gasteiger partial charge in [-0.15, -0.1) is 0 Å². The molecule has 92 valence electrons. The summed E-state index contributed by atoms with van der Waals surface area (Å²) in [6.45, 7) is 5.97. The van der Waals surface area contributed by atoms with E-state index in [1.165, 1.54) is 0 Å². The van der Waals surface area contributed by atoms with Gasteiger partial charge in [0.2, 0.25) is 0 Å². The molecule has 0 aromatic heterocycles. The summed E-state index contributed by atoms with van der Waals surface area (Å²) in [6.07, 6.45) is 0. The Balaban J connectivity index is 0.00000225. The van der Waals surface area contributed by atoms with Crippen LogP contribution in [0.2, 0.25) is 0 Å². The first-order chi connectivity index (χ1) is 6.99. The van der Waals surface area contributed by atoms with Gasteiger partial charge in [-0.05, 0) is 38.5 Å². The molecule has 0 atom stereocenters. The zero-order valence-electron chi connectivity index (χ0n) is 10.4. The molecular weight excluding hydrogens is 206 g/mol. The van der Waals surface area contributed by atoms with Crippen molar-refractivity contribution in [3.63, 3.8) is 0 Å². The van der Waals surface area contributed by atoms with Crippen LogP contribution in [0.15, 0.2) is 18.2 Å². The molecule has 0 spiro atoms. The molecule has 0 aliphatic carbocycles. The van der Waals surface area contributed by atoms with Gasteiger partial charge >= 0.3 is 0 Å². The van der Waals surface area contributed by atoms with Crippen LogP contribution in [0.1, 0.15) is 26.3 Å². The van der Waals surface area contributed by atoms with Gasteiger partial charge in [-0.2, -0.15) is 0 Å². The number of hydrogen-bond acceptors (Lipinski definition) is 4. The Bertz CT molecular complexity index is 332. The summed E-state index contributed by atoms with van der Waals surface area (Å²) >= 11 is 0. The molecule has 1 rings (SSSR count). The molecule has 0 saturated carbocycles. The van der Waals surface area contributed by atoms with Crippen molar-refractivity contribution in [3.8, 4) is 11.5 Å². The zero-order valence-corrected chi connectivity index (χ0v) is 10.4. The average molecular weight is 227 g/mol. The molecule has 4 nitrogen and oxygen atoms in total. The van der Waals surface area contributed by atoms with Crippen LogP contribution in [-0.4, -0.2) is 18.8 Å². The van der Waals surface area contributed by atoms with Crippen LogP contribution in [0.4, 0.5) is 0 Å². The zero-order chi connectivity index (χ0) is 11.5. The largest absolute Gasteiger partial charge is 0.493 e. The fourth-order valence-electron chi connectivity index (χ4n) is 1.33. The van der Waals surface area contributed by atoms with Gasteiger partial charge in [-0.25, -0.2) is 0 Å². The van der Waals surface area contributed by atoms with E-state index in [1.807, 2.05) is 19.1 Å². The Morgan fingerprint density at radius 3 is 2.31 bits per heavy atom. The van der Waals surface area contributed by atoms with Crippen molar-refractivity contribution in [2.75, 3.05) is 13.7 Å². The lowest BCUT2D eigenvalue weighted by atomic mass is 9.98. The van der Waals surface area contributed by atoms with Gasteiger partial charge in [-0.3, -0.25) is 0 Å². The van der Waals surface area contributed by atoms with Gasteiger partial charge in [0.1, 0.15) is 0 Å². The van der Waals surface area contributed by atoms with Gasteiger partial charge < -0.3 is 20.7 Å². The minimum absolute atomic E-state index is 0. The van der Waals surface area contributed by atoms with E-state index in [2.05, 4.69) is 0 Å². The summed E-state index contributed by atoms with van der Waals surface area (Å²) in [6, 6.07) is 5.45. The van der Waals surface area contributed by atoms with E-state index in [1.54, 1.807) is 27.0 Å². The smallest absolute Gasteiger partial charge is 0.161 e. The lowest BCUT2D eigenvalue weighted by Gasteiger charge is -2.19. The van der Waals surface area contributed by atoms with Crippen LogP contribution in [0.5, 0.6) is 11.5 Å². The van der Waals surface area contributed by atoms with E-state index in [0.717, 1.165) is 5.56 Å². The van der Waals surface area contributed by atoms with Gasteiger partial charge in [0.15, 0.2) is 11.5 Å². The molecule has 1 aromatic carbocycles. The minimum Gasteiger partial charge on any atom is -0.493 e. The molecule has 4 heteroatoms. The van der Waals surface area contributed by atoms with Crippen molar-refractivity contribution in [2.45, 2.75) is 26.4 Å². The Morgan fingerprint density at radius 2 is 1.88 bits per heavy atom. The molecule has 1 aromatic rings. The highest BCUT2D eigenvalue weighted by Crippen LogP contribution is 2.32. The highest BCUT2D eigenvalue weighted by atomic mass is 16.5. The molecule has 0 radical (unpaired) electrons. The van der Waals surface area contributed by atoms with E-state index in [4.69, 9.17) is 9.47 Å². The maximum atomic E-state index is 9.85. The summed E-state index contributed by atoms with van der Waals surface area (Å²) in [5.41, 5.74) is -0.0512. The molecule has 0 aliphatic rings. The molecule has 0 bridgehead atoms. The van der Waals surface area contributed by atoms with Gasteiger partial charge in [0, 0.05) is 0 Å². The summed E-state index contributed by atoms with van der Waals surface area (Å²) in [4.78, 5) is 0. The number of aliphatic hydroxyl groups is 1. The first-order valence-electron chi connectivity index (χ1n) is 5.02. The highest BCUT2D eigenvalue weighted by Gasteiger charge is 2.18. The Labute approximate surface area is 96.8 Å². The topological polar surface area (TPSA) is 73.7 Å². The second kappa shape index (κ2) is 5.72. The third-order valence-corrected chi connectivity index (χ3v) is 2.17. The molecular formula is C12H21NO3. The third-order valence-electron chi connectivity index (χ3n) is 2.17. The van der Waals surface area contributed by atoms with E-state index in [-0.39, 0.29) is 6.15 Å². The molecule has 16 heavy (non-hydrogen) atoms. The first kappa shape index (κ1) is 14.7. The van der Waals surface area contributed by atoms with Gasteiger partial charge in [0.05, 0.1) is 19.3 Å². The monoisotopic (exact) mass is 227 g/mol. The number of rotatable bonds is 4. The highest BCUT2D eigenvalue weighted by molar-refractivity contribution is 5.44. The van der Waals surface area contributed by atoms with Crippen LogP contribution in [0.3, 0.4) is 0 Å². The molecule has 0 aliphatic heterocycles. The van der Waals surface area contributed by atoms with Crippen molar-refractivity contribution in [2.24, 2.45) is 0 Å². The maximum Gasteiger partial charge on any atom is 0.161 e. The SMILES string of the molecule is CCOc1cc(C(C)(C)O)ccc1OC.N. The molecule has 0 unspecified atom stereocenters. The fraction of sp³-hybridized carbons (Fsp3) is 0.500. The standard InChI is InChI=1S/C12H18O3.H3N/c1-5-15-11-8-9(12(2,3)13)6-7-10(11)14-4;/h6-8,13H,5H2,1-4H3;1H3. The van der Waals surface area contributed by atoms with E-state index < -0.39 is 5.60 Å². The Hall–Kier alpha value is -1.26. The predicted octanol–water partition coefficient (Wildman–Crippen LogP) is 2.48. The quantitative estimate of drug-likeness (QED) is 0.828. The summed E-state index contributed by atoms with van der Waals surface area (Å²) in [5.74, 6) is 1.35. The minimum atomic E-state index is -0.863. The van der Waals surface area contributed by atoms with Crippen molar-refractivity contribution in [1.82, 2.24) is 6.15 Å². The van der Waals surface area contributed by atoms with Crippen molar-refractivity contribution < 1.29 is 14.6 Å². The predicted molar refractivity (Wildman–Crippen MR) is 64.4 cm³/mol. The fourth-order valence-corrected chi connectivity index (χ4v) is 1.33. The van der Waals surface area contributed by atoms with Crippen molar-refractivity contribution in [3.05, 3.63) is 23.8 Å². The number of hydrogen-bond donors (Lipinski definition) is 2. The van der Waals surface area contributed by atoms with Crippen LogP contribution < -0.4 is 15.6 Å². The Morgan fingerprint density at radius 1 is 1.25 bits per heavy atom. The van der Waals surface area contributed by atoms with E-state index >= 15 is 0 Å². The summed E-state index contributed by atoms with van der Waals surface area (Å²) in [5, 5.41) is 9.85. The maximum absolute atomic E-state index is 9.85. The number of ether oxygens (including phenoxy) is 2.